The highest BCUT2D eigenvalue weighted by Crippen LogP contribution is 2.12. The molecule has 0 spiro atoms. The fraction of sp³-hybridized carbons (Fsp3) is 0.562. The predicted molar refractivity (Wildman–Crippen MR) is 83.1 cm³/mol. The molecule has 1 aliphatic heterocycles. The molecule has 2 rings (SSSR count). The number of hydrogen-bond acceptors (Lipinski definition) is 2. The highest BCUT2D eigenvalue weighted by atomic mass is 16.2. The maximum absolute atomic E-state index is 12.4. The molecule has 1 atom stereocenters. The van der Waals surface area contributed by atoms with Crippen LogP contribution in [0.3, 0.4) is 0 Å². The fourth-order valence-corrected chi connectivity index (χ4v) is 2.65. The molecule has 0 aliphatic carbocycles. The lowest BCUT2D eigenvalue weighted by atomic mass is 10.2. The summed E-state index contributed by atoms with van der Waals surface area (Å²) in [7, 11) is 0. The van der Waals surface area contributed by atoms with E-state index in [1.807, 2.05) is 36.1 Å². The number of carbonyl (C=O) groups is 1. The molecular weight excluding hydrogens is 250 g/mol. The number of benzene rings is 1. The summed E-state index contributed by atoms with van der Waals surface area (Å²) in [6.45, 7) is 6.81. The minimum absolute atomic E-state index is 0.00569. The first-order valence-corrected chi connectivity index (χ1v) is 7.55. The van der Waals surface area contributed by atoms with Crippen LogP contribution in [0.1, 0.15) is 31.7 Å². The number of amides is 2. The molecule has 20 heavy (non-hydrogen) atoms. The summed E-state index contributed by atoms with van der Waals surface area (Å²) >= 11 is 0. The SMILES string of the molecule is CCCN(CC1CCCN1)C(=O)Nc1cccc(C)c1. The summed E-state index contributed by atoms with van der Waals surface area (Å²) in [5, 5.41) is 6.45. The third-order valence-corrected chi connectivity index (χ3v) is 3.65. The topological polar surface area (TPSA) is 44.4 Å². The Kier molecular flexibility index (Phi) is 5.41. The Labute approximate surface area is 121 Å². The van der Waals surface area contributed by atoms with Crippen molar-refractivity contribution in [2.45, 2.75) is 39.2 Å². The molecule has 1 heterocycles. The number of hydrogen-bond donors (Lipinski definition) is 2. The second-order valence-electron chi connectivity index (χ2n) is 5.54. The van der Waals surface area contributed by atoms with Crippen molar-refractivity contribution in [3.05, 3.63) is 29.8 Å². The number of nitrogens with one attached hydrogen (secondary N) is 2. The predicted octanol–water partition coefficient (Wildman–Crippen LogP) is 2.99. The average molecular weight is 275 g/mol. The molecule has 1 saturated heterocycles. The van der Waals surface area contributed by atoms with Gasteiger partial charge in [0.15, 0.2) is 0 Å². The van der Waals surface area contributed by atoms with Gasteiger partial charge in [-0.25, -0.2) is 4.79 Å². The Morgan fingerprint density at radius 1 is 1.50 bits per heavy atom. The lowest BCUT2D eigenvalue weighted by Crippen LogP contribution is -2.43. The summed E-state index contributed by atoms with van der Waals surface area (Å²) in [5.41, 5.74) is 2.03. The Bertz CT molecular complexity index is 441. The first-order valence-electron chi connectivity index (χ1n) is 7.55. The third kappa shape index (κ3) is 4.23. The van der Waals surface area contributed by atoms with Gasteiger partial charge < -0.3 is 15.5 Å². The molecular formula is C16H25N3O. The number of nitrogens with zero attached hydrogens (tertiary/aromatic N) is 1. The number of carbonyl (C=O) groups excluding carboxylic acids is 1. The van der Waals surface area contributed by atoms with Gasteiger partial charge in [-0.3, -0.25) is 0 Å². The van der Waals surface area contributed by atoms with E-state index in [4.69, 9.17) is 0 Å². The smallest absolute Gasteiger partial charge is 0.321 e. The van der Waals surface area contributed by atoms with Crippen molar-refractivity contribution in [1.82, 2.24) is 10.2 Å². The van der Waals surface area contributed by atoms with Gasteiger partial charge in [-0.2, -0.15) is 0 Å². The molecule has 2 amide bonds. The summed E-state index contributed by atoms with van der Waals surface area (Å²) < 4.78 is 0. The molecule has 1 unspecified atom stereocenters. The third-order valence-electron chi connectivity index (χ3n) is 3.65. The molecule has 1 aromatic carbocycles. The van der Waals surface area contributed by atoms with E-state index in [0.29, 0.717) is 6.04 Å². The molecule has 1 fully saturated rings. The standard InChI is InChI=1S/C16H25N3O/c1-3-10-19(12-15-8-5-9-17-15)16(20)18-14-7-4-6-13(2)11-14/h4,6-7,11,15,17H,3,5,8-10,12H2,1-2H3,(H,18,20). The van der Waals surface area contributed by atoms with Crippen molar-refractivity contribution >= 4 is 11.7 Å². The molecule has 1 aromatic rings. The van der Waals surface area contributed by atoms with Crippen molar-refractivity contribution < 1.29 is 4.79 Å². The summed E-state index contributed by atoms with van der Waals surface area (Å²) in [6, 6.07) is 8.38. The Hall–Kier alpha value is -1.55. The number of anilines is 1. The lowest BCUT2D eigenvalue weighted by molar-refractivity contribution is 0.206. The summed E-state index contributed by atoms with van der Waals surface area (Å²) in [5.74, 6) is 0. The quantitative estimate of drug-likeness (QED) is 0.867. The highest BCUT2D eigenvalue weighted by molar-refractivity contribution is 5.89. The van der Waals surface area contributed by atoms with Crippen LogP contribution in [0.5, 0.6) is 0 Å². The van der Waals surface area contributed by atoms with E-state index < -0.39 is 0 Å². The van der Waals surface area contributed by atoms with E-state index in [-0.39, 0.29) is 6.03 Å². The van der Waals surface area contributed by atoms with Crippen molar-refractivity contribution in [1.29, 1.82) is 0 Å². The molecule has 4 nitrogen and oxygen atoms in total. The van der Waals surface area contributed by atoms with E-state index in [2.05, 4.69) is 17.6 Å². The first kappa shape index (κ1) is 14.9. The van der Waals surface area contributed by atoms with Crippen molar-refractivity contribution in [2.75, 3.05) is 25.0 Å². The van der Waals surface area contributed by atoms with Crippen LogP contribution in [0, 0.1) is 6.92 Å². The number of aryl methyl sites for hydroxylation is 1. The fourth-order valence-electron chi connectivity index (χ4n) is 2.65. The van der Waals surface area contributed by atoms with E-state index >= 15 is 0 Å². The lowest BCUT2D eigenvalue weighted by Gasteiger charge is -2.25. The van der Waals surface area contributed by atoms with Gasteiger partial charge >= 0.3 is 6.03 Å². The molecule has 0 radical (unpaired) electrons. The van der Waals surface area contributed by atoms with Gasteiger partial charge in [-0.15, -0.1) is 0 Å². The largest absolute Gasteiger partial charge is 0.323 e. The molecule has 2 N–H and O–H groups in total. The second kappa shape index (κ2) is 7.29. The minimum Gasteiger partial charge on any atom is -0.323 e. The zero-order chi connectivity index (χ0) is 14.4. The molecule has 1 aliphatic rings. The molecule has 0 aromatic heterocycles. The Balaban J connectivity index is 1.95. The van der Waals surface area contributed by atoms with Crippen LogP contribution in [0.25, 0.3) is 0 Å². The number of rotatable bonds is 5. The van der Waals surface area contributed by atoms with Crippen LogP contribution < -0.4 is 10.6 Å². The van der Waals surface area contributed by atoms with Crippen molar-refractivity contribution in [3.63, 3.8) is 0 Å². The Morgan fingerprint density at radius 2 is 2.35 bits per heavy atom. The molecule has 0 saturated carbocycles. The van der Waals surface area contributed by atoms with E-state index in [1.165, 1.54) is 6.42 Å². The van der Waals surface area contributed by atoms with E-state index in [1.54, 1.807) is 0 Å². The van der Waals surface area contributed by atoms with Crippen LogP contribution in [0.2, 0.25) is 0 Å². The Morgan fingerprint density at radius 3 is 3.00 bits per heavy atom. The van der Waals surface area contributed by atoms with Crippen LogP contribution in [-0.4, -0.2) is 36.6 Å². The summed E-state index contributed by atoms with van der Waals surface area (Å²) in [6.07, 6.45) is 3.36. The van der Waals surface area contributed by atoms with Crippen molar-refractivity contribution in [2.24, 2.45) is 0 Å². The average Bonchev–Trinajstić information content (AvgIpc) is 2.91. The van der Waals surface area contributed by atoms with Gasteiger partial charge in [-0.1, -0.05) is 19.1 Å². The van der Waals surface area contributed by atoms with Gasteiger partial charge in [0.1, 0.15) is 0 Å². The zero-order valence-corrected chi connectivity index (χ0v) is 12.5. The zero-order valence-electron chi connectivity index (χ0n) is 12.5. The first-order chi connectivity index (χ1) is 9.69. The molecule has 110 valence electrons. The van der Waals surface area contributed by atoms with Crippen LogP contribution in [0.15, 0.2) is 24.3 Å². The maximum Gasteiger partial charge on any atom is 0.321 e. The van der Waals surface area contributed by atoms with E-state index in [0.717, 1.165) is 43.7 Å². The van der Waals surface area contributed by atoms with Gasteiger partial charge in [0.05, 0.1) is 0 Å². The van der Waals surface area contributed by atoms with Gasteiger partial charge in [-0.05, 0) is 50.4 Å². The van der Waals surface area contributed by atoms with Crippen LogP contribution in [-0.2, 0) is 0 Å². The molecule has 0 bridgehead atoms. The maximum atomic E-state index is 12.4. The van der Waals surface area contributed by atoms with Gasteiger partial charge in [0, 0.05) is 24.8 Å². The number of urea groups is 1. The normalized spacial score (nSPS) is 18.0. The molecule has 4 heteroatoms. The van der Waals surface area contributed by atoms with Gasteiger partial charge in [0.2, 0.25) is 0 Å². The second-order valence-corrected chi connectivity index (χ2v) is 5.54. The monoisotopic (exact) mass is 275 g/mol. The minimum atomic E-state index is 0.00569. The highest BCUT2D eigenvalue weighted by Gasteiger charge is 2.20. The van der Waals surface area contributed by atoms with Gasteiger partial charge in [0.25, 0.3) is 0 Å². The summed E-state index contributed by atoms with van der Waals surface area (Å²) in [4.78, 5) is 14.3. The van der Waals surface area contributed by atoms with E-state index in [9.17, 15) is 4.79 Å². The van der Waals surface area contributed by atoms with Crippen LogP contribution in [0.4, 0.5) is 10.5 Å². The van der Waals surface area contributed by atoms with Crippen molar-refractivity contribution in [3.8, 4) is 0 Å². The van der Waals surface area contributed by atoms with Crippen LogP contribution >= 0.6 is 0 Å².